The maximum Gasteiger partial charge on any atom is 0.166 e. The van der Waals surface area contributed by atoms with Crippen LogP contribution in [0.4, 0.5) is 0 Å². The zero-order chi connectivity index (χ0) is 17.3. The van der Waals surface area contributed by atoms with E-state index in [1.165, 1.54) is 0 Å². The van der Waals surface area contributed by atoms with Crippen LogP contribution in [0.2, 0.25) is 0 Å². The molecule has 0 bridgehead atoms. The third-order valence-corrected chi connectivity index (χ3v) is 4.74. The molecule has 0 unspecified atom stereocenters. The van der Waals surface area contributed by atoms with Crippen LogP contribution in [0, 0.1) is 0 Å². The van der Waals surface area contributed by atoms with E-state index in [-0.39, 0.29) is 30.2 Å². The maximum absolute atomic E-state index is 8.30. The molecule has 0 atom stereocenters. The van der Waals surface area contributed by atoms with E-state index in [0.717, 1.165) is 9.79 Å². The molecule has 3 aromatic rings. The zero-order valence-corrected chi connectivity index (χ0v) is 11.0. The Balaban J connectivity index is 2.33. The first-order valence-corrected chi connectivity index (χ1v) is 7.16. The normalized spacial score (nSPS) is 14.3. The van der Waals surface area contributed by atoms with Gasteiger partial charge in [0.2, 0.25) is 0 Å². The van der Waals surface area contributed by atoms with Gasteiger partial charge in [-0.25, -0.2) is 0 Å². The van der Waals surface area contributed by atoms with E-state index in [2.05, 4.69) is 0 Å². The van der Waals surface area contributed by atoms with Gasteiger partial charge in [-0.3, -0.25) is 0 Å². The Labute approximate surface area is 124 Å². The van der Waals surface area contributed by atoms with Gasteiger partial charge in [-0.1, -0.05) is 54.5 Å². The fraction of sp³-hybridized carbons (Fsp3) is 0. The molecule has 0 aromatic heterocycles. The van der Waals surface area contributed by atoms with Crippen LogP contribution in [0.1, 0.15) is 6.85 Å². The summed E-state index contributed by atoms with van der Waals surface area (Å²) < 4.78 is 40.3. The van der Waals surface area contributed by atoms with Crippen molar-refractivity contribution in [3.63, 3.8) is 0 Å². The molecule has 1 heteroatoms. The Kier molecular flexibility index (Phi) is 2.30. The lowest BCUT2D eigenvalue weighted by molar-refractivity contribution is 1.32. The molecule has 0 aliphatic carbocycles. The van der Waals surface area contributed by atoms with Crippen LogP contribution < -0.4 is 0 Å². The molecule has 0 aliphatic rings. The van der Waals surface area contributed by atoms with Gasteiger partial charge < -0.3 is 0 Å². The number of hydrogen-bond acceptors (Lipinski definition) is 0. The lowest BCUT2D eigenvalue weighted by Gasteiger charge is -2.07. The third kappa shape index (κ3) is 2.72. The van der Waals surface area contributed by atoms with E-state index < -0.39 is 10.9 Å². The Morgan fingerprint density at radius 3 is 1.53 bits per heavy atom. The van der Waals surface area contributed by atoms with Crippen molar-refractivity contribution in [3.8, 4) is 0 Å². The standard InChI is InChI=1S/C18H15S/c1-4-10-16(11-5-1)19(17-12-6-2-7-13-17)18-14-8-3-9-15-18/h1-15H/q+1/i1T,4T,5T,10T,11T. The van der Waals surface area contributed by atoms with Crippen LogP contribution in [-0.4, -0.2) is 0 Å². The first-order valence-electron chi connectivity index (χ1n) is 8.43. The summed E-state index contributed by atoms with van der Waals surface area (Å²) in [4.78, 5) is 2.17. The van der Waals surface area contributed by atoms with Crippen molar-refractivity contribution in [2.24, 2.45) is 0 Å². The molecule has 0 radical (unpaired) electrons. The van der Waals surface area contributed by atoms with Crippen molar-refractivity contribution in [2.75, 3.05) is 0 Å². The van der Waals surface area contributed by atoms with E-state index >= 15 is 0 Å². The van der Waals surface area contributed by atoms with Crippen LogP contribution in [0.15, 0.2) is 106 Å². The molecule has 19 heavy (non-hydrogen) atoms. The van der Waals surface area contributed by atoms with Crippen molar-refractivity contribution < 1.29 is 6.85 Å². The Morgan fingerprint density at radius 2 is 1.05 bits per heavy atom. The zero-order valence-electron chi connectivity index (χ0n) is 15.2. The topological polar surface area (TPSA) is 0 Å². The summed E-state index contributed by atoms with van der Waals surface area (Å²) in [7, 11) is -0.765. The largest absolute Gasteiger partial charge is 0.166 e. The van der Waals surface area contributed by atoms with Gasteiger partial charge >= 0.3 is 0 Å². The average molecular weight is 273 g/mol. The summed E-state index contributed by atoms with van der Waals surface area (Å²) in [6, 6.07) is 17.9. The van der Waals surface area contributed by atoms with Crippen molar-refractivity contribution in [3.05, 3.63) is 90.9 Å². The Hall–Kier alpha value is -1.99. The second kappa shape index (κ2) is 5.77. The lowest BCUT2D eigenvalue weighted by atomic mass is 10.4. The highest BCUT2D eigenvalue weighted by Crippen LogP contribution is 2.30. The number of benzene rings is 3. The Morgan fingerprint density at radius 1 is 0.579 bits per heavy atom. The minimum absolute atomic E-state index is 0.142. The van der Waals surface area contributed by atoms with Crippen molar-refractivity contribution >= 4 is 10.9 Å². The van der Waals surface area contributed by atoms with Gasteiger partial charge in [0.05, 0.1) is 17.7 Å². The molecule has 0 heterocycles. The SMILES string of the molecule is [3H]c1c([3H])c([3H])c([S+](c2ccccc2)c2ccccc2)c([3H])c1[3H]. The summed E-state index contributed by atoms with van der Waals surface area (Å²) in [5.41, 5.74) is 0. The van der Waals surface area contributed by atoms with E-state index in [4.69, 9.17) is 6.85 Å². The summed E-state index contributed by atoms with van der Waals surface area (Å²) in [6.45, 7) is 0. The van der Waals surface area contributed by atoms with Gasteiger partial charge in [0, 0.05) is 0 Å². The third-order valence-electron chi connectivity index (χ3n) is 2.64. The monoisotopic (exact) mass is 273 g/mol. The predicted molar refractivity (Wildman–Crippen MR) is 81.5 cm³/mol. The number of rotatable bonds is 3. The van der Waals surface area contributed by atoms with Crippen molar-refractivity contribution in [1.29, 1.82) is 0 Å². The highest BCUT2D eigenvalue weighted by Gasteiger charge is 2.27. The molecular formula is C18H15S+. The first kappa shape index (κ1) is 7.56. The van der Waals surface area contributed by atoms with E-state index in [0.29, 0.717) is 4.90 Å². The van der Waals surface area contributed by atoms with Crippen molar-refractivity contribution in [2.45, 2.75) is 14.7 Å². The van der Waals surface area contributed by atoms with Gasteiger partial charge in [-0.05, 0) is 36.4 Å². The van der Waals surface area contributed by atoms with Crippen molar-refractivity contribution in [1.82, 2.24) is 0 Å². The molecule has 0 saturated heterocycles. The minimum Gasteiger partial charge on any atom is -0.0619 e. The molecule has 3 rings (SSSR count). The minimum atomic E-state index is -0.765. The molecule has 92 valence electrons. The smallest absolute Gasteiger partial charge is 0.0619 e. The van der Waals surface area contributed by atoms with E-state index in [9.17, 15) is 0 Å². The highest BCUT2D eigenvalue weighted by molar-refractivity contribution is 7.97. The first-order chi connectivity index (χ1) is 11.5. The maximum atomic E-state index is 8.30. The Bertz CT molecular complexity index is 797. The van der Waals surface area contributed by atoms with E-state index in [1.54, 1.807) is 0 Å². The van der Waals surface area contributed by atoms with Crippen LogP contribution >= 0.6 is 0 Å². The van der Waals surface area contributed by atoms with E-state index in [1.807, 2.05) is 60.7 Å². The van der Waals surface area contributed by atoms with Crippen LogP contribution in [0.5, 0.6) is 0 Å². The average Bonchev–Trinajstić information content (AvgIpc) is 2.63. The van der Waals surface area contributed by atoms with Crippen LogP contribution in [-0.2, 0) is 10.9 Å². The highest BCUT2D eigenvalue weighted by atomic mass is 32.2. The second-order valence-electron chi connectivity index (χ2n) is 3.89. The lowest BCUT2D eigenvalue weighted by Crippen LogP contribution is -2.04. The molecule has 0 saturated carbocycles. The fourth-order valence-corrected chi connectivity index (χ4v) is 3.73. The molecule has 0 amide bonds. The summed E-state index contributed by atoms with van der Waals surface area (Å²) in [6.07, 6.45) is 0. The predicted octanol–water partition coefficient (Wildman–Crippen LogP) is 4.78. The molecule has 0 aliphatic heterocycles. The molecule has 0 fully saturated rings. The molecular weight excluding hydrogens is 248 g/mol. The van der Waals surface area contributed by atoms with Gasteiger partial charge in [0.25, 0.3) is 0 Å². The quantitative estimate of drug-likeness (QED) is 0.602. The summed E-state index contributed by atoms with van der Waals surface area (Å²) in [5, 5.41) is 0. The summed E-state index contributed by atoms with van der Waals surface area (Å²) in [5.74, 6) is 0. The molecule has 0 nitrogen and oxygen atoms in total. The molecule has 3 aromatic carbocycles. The fourth-order valence-electron chi connectivity index (χ4n) is 1.83. The van der Waals surface area contributed by atoms with Gasteiger partial charge in [-0.2, -0.15) is 0 Å². The van der Waals surface area contributed by atoms with Gasteiger partial charge in [0.15, 0.2) is 14.7 Å². The van der Waals surface area contributed by atoms with Gasteiger partial charge in [0.1, 0.15) is 0 Å². The second-order valence-corrected chi connectivity index (χ2v) is 5.85. The van der Waals surface area contributed by atoms with Gasteiger partial charge in [-0.15, -0.1) is 0 Å². The molecule has 0 N–H and O–H groups in total. The summed E-state index contributed by atoms with van der Waals surface area (Å²) >= 11 is 0. The number of hydrogen-bond donors (Lipinski definition) is 0. The van der Waals surface area contributed by atoms with Crippen LogP contribution in [0.3, 0.4) is 0 Å². The van der Waals surface area contributed by atoms with Crippen LogP contribution in [0.25, 0.3) is 0 Å². The molecule has 0 spiro atoms.